The molecule has 1 aromatic heterocycles. The third kappa shape index (κ3) is 3.66. The van der Waals surface area contributed by atoms with Crippen molar-refractivity contribution in [3.8, 4) is 5.75 Å². The molecule has 2 N–H and O–H groups in total. The number of ether oxygens (including phenoxy) is 1. The molecule has 1 unspecified atom stereocenters. The molecule has 0 amide bonds. The summed E-state index contributed by atoms with van der Waals surface area (Å²) in [5.41, 5.74) is 0. The summed E-state index contributed by atoms with van der Waals surface area (Å²) in [6.45, 7) is 0. The fourth-order valence-corrected chi connectivity index (χ4v) is 5.68. The minimum absolute atomic E-state index is 0.0541. The maximum atomic E-state index is 14.5. The van der Waals surface area contributed by atoms with Gasteiger partial charge in [-0.15, -0.1) is 11.3 Å². The van der Waals surface area contributed by atoms with E-state index in [-0.39, 0.29) is 22.0 Å². The van der Waals surface area contributed by atoms with Gasteiger partial charge in [-0.05, 0) is 31.7 Å². The topological polar surface area (TPSA) is 80.3 Å². The van der Waals surface area contributed by atoms with Crippen molar-refractivity contribution in [3.05, 3.63) is 34.5 Å². The van der Waals surface area contributed by atoms with Crippen molar-refractivity contribution in [3.63, 3.8) is 0 Å². The summed E-state index contributed by atoms with van der Waals surface area (Å²) in [5, 5.41) is 5.34. The van der Waals surface area contributed by atoms with Gasteiger partial charge < -0.3 is 10.1 Å². The third-order valence-electron chi connectivity index (χ3n) is 4.65. The number of thiazole rings is 1. The van der Waals surface area contributed by atoms with Crippen molar-refractivity contribution in [1.29, 1.82) is 0 Å². The summed E-state index contributed by atoms with van der Waals surface area (Å²) in [6, 6.07) is 2.97. The minimum atomic E-state index is -4.12. The standard InChI is InChI=1S/C16H17ClFN3O3S2/c17-12-7-15(26(22,23)21-16-19-3-4-25-16)13(18)8-14(12)24-11-5-9-1-2-10(6-11)20-9/h3-4,7-11,20H,1-2,5-6H2,(H,19,21)/t9-,10+,11?. The number of nitrogens with one attached hydrogen (secondary N) is 2. The van der Waals surface area contributed by atoms with Crippen LogP contribution in [0.5, 0.6) is 5.75 Å². The molecule has 10 heteroatoms. The summed E-state index contributed by atoms with van der Waals surface area (Å²) < 4.78 is 47.4. The number of piperidine rings is 1. The zero-order valence-electron chi connectivity index (χ0n) is 13.6. The first kappa shape index (κ1) is 18.0. The monoisotopic (exact) mass is 417 g/mol. The van der Waals surface area contributed by atoms with Gasteiger partial charge in [-0.3, -0.25) is 4.72 Å². The molecule has 3 heterocycles. The number of halogens is 2. The fourth-order valence-electron chi connectivity index (χ4n) is 3.53. The Labute approximate surface area is 159 Å². The predicted molar refractivity (Wildman–Crippen MR) is 97.9 cm³/mol. The van der Waals surface area contributed by atoms with Crippen LogP contribution in [0.3, 0.4) is 0 Å². The van der Waals surface area contributed by atoms with Gasteiger partial charge in [0.2, 0.25) is 0 Å². The molecule has 0 aliphatic carbocycles. The van der Waals surface area contributed by atoms with Gasteiger partial charge in [0.1, 0.15) is 22.6 Å². The van der Waals surface area contributed by atoms with Gasteiger partial charge in [0.15, 0.2) is 5.13 Å². The van der Waals surface area contributed by atoms with E-state index in [2.05, 4.69) is 15.0 Å². The number of sulfonamides is 1. The maximum Gasteiger partial charge on any atom is 0.266 e. The molecule has 1 aromatic carbocycles. The van der Waals surface area contributed by atoms with Crippen molar-refractivity contribution < 1.29 is 17.5 Å². The van der Waals surface area contributed by atoms with Crippen LogP contribution in [0, 0.1) is 5.82 Å². The molecule has 0 radical (unpaired) electrons. The Morgan fingerprint density at radius 2 is 2.04 bits per heavy atom. The van der Waals surface area contributed by atoms with Crippen LogP contribution in [0.1, 0.15) is 25.7 Å². The molecule has 2 aromatic rings. The van der Waals surface area contributed by atoms with E-state index in [4.69, 9.17) is 16.3 Å². The van der Waals surface area contributed by atoms with Crippen LogP contribution in [-0.4, -0.2) is 31.6 Å². The lowest BCUT2D eigenvalue weighted by atomic mass is 10.0. The molecule has 2 saturated heterocycles. The molecule has 0 saturated carbocycles. The van der Waals surface area contributed by atoms with Gasteiger partial charge in [0.05, 0.1) is 5.02 Å². The molecule has 0 spiro atoms. The molecule has 2 bridgehead atoms. The molecular formula is C16H17ClFN3O3S2. The van der Waals surface area contributed by atoms with Crippen LogP contribution in [-0.2, 0) is 10.0 Å². The second kappa shape index (κ2) is 6.95. The summed E-state index contributed by atoms with van der Waals surface area (Å²) in [6.07, 6.45) is 5.30. The van der Waals surface area contributed by atoms with Gasteiger partial charge in [-0.25, -0.2) is 17.8 Å². The molecule has 2 aliphatic heterocycles. The van der Waals surface area contributed by atoms with Crippen molar-refractivity contribution in [2.75, 3.05) is 4.72 Å². The first-order valence-corrected chi connectivity index (χ1v) is 11.0. The highest BCUT2D eigenvalue weighted by Crippen LogP contribution is 2.35. The van der Waals surface area contributed by atoms with Gasteiger partial charge in [0.25, 0.3) is 10.0 Å². The average molecular weight is 418 g/mol. The lowest BCUT2D eigenvalue weighted by Crippen LogP contribution is -2.42. The molecule has 2 fully saturated rings. The van der Waals surface area contributed by atoms with Crippen molar-refractivity contribution in [1.82, 2.24) is 10.3 Å². The Morgan fingerprint density at radius 3 is 2.69 bits per heavy atom. The molecule has 26 heavy (non-hydrogen) atoms. The molecule has 2 aliphatic rings. The van der Waals surface area contributed by atoms with Gasteiger partial charge >= 0.3 is 0 Å². The summed E-state index contributed by atoms with van der Waals surface area (Å²) >= 11 is 7.28. The molecule has 6 nitrogen and oxygen atoms in total. The Kier molecular flexibility index (Phi) is 4.81. The SMILES string of the molecule is O=S(=O)(Nc1nccs1)c1cc(Cl)c(OC2C[C@H]3CC[C@@H](C2)N3)cc1F. The normalized spacial score (nSPS) is 25.2. The van der Waals surface area contributed by atoms with E-state index in [0.29, 0.717) is 12.1 Å². The number of hydrogen-bond acceptors (Lipinski definition) is 6. The smallest absolute Gasteiger partial charge is 0.266 e. The largest absolute Gasteiger partial charge is 0.489 e. The van der Waals surface area contributed by atoms with E-state index in [1.165, 1.54) is 6.20 Å². The van der Waals surface area contributed by atoms with Crippen LogP contribution >= 0.6 is 22.9 Å². The van der Waals surface area contributed by atoms with Crippen LogP contribution in [0.15, 0.2) is 28.6 Å². The predicted octanol–water partition coefficient (Wildman–Crippen LogP) is 3.40. The number of nitrogens with zero attached hydrogens (tertiary/aromatic N) is 1. The maximum absolute atomic E-state index is 14.5. The molecule has 140 valence electrons. The lowest BCUT2D eigenvalue weighted by molar-refractivity contribution is 0.137. The number of fused-ring (bicyclic) bond motifs is 2. The summed E-state index contributed by atoms with van der Waals surface area (Å²) in [7, 11) is -4.12. The van der Waals surface area contributed by atoms with Crippen molar-refractivity contribution >= 4 is 38.1 Å². The van der Waals surface area contributed by atoms with E-state index in [1.807, 2.05) is 0 Å². The lowest BCUT2D eigenvalue weighted by Gasteiger charge is -2.29. The van der Waals surface area contributed by atoms with E-state index in [1.54, 1.807) is 5.38 Å². The van der Waals surface area contributed by atoms with E-state index < -0.39 is 20.7 Å². The second-order valence-electron chi connectivity index (χ2n) is 6.50. The summed E-state index contributed by atoms with van der Waals surface area (Å²) in [4.78, 5) is 3.30. The number of hydrogen-bond donors (Lipinski definition) is 2. The van der Waals surface area contributed by atoms with Crippen LogP contribution in [0.4, 0.5) is 9.52 Å². The quantitative estimate of drug-likeness (QED) is 0.779. The van der Waals surface area contributed by atoms with Crippen LogP contribution < -0.4 is 14.8 Å². The highest BCUT2D eigenvalue weighted by molar-refractivity contribution is 7.93. The minimum Gasteiger partial charge on any atom is -0.489 e. The Morgan fingerprint density at radius 1 is 1.31 bits per heavy atom. The van der Waals surface area contributed by atoms with Gasteiger partial charge in [-0.1, -0.05) is 11.6 Å². The Balaban J connectivity index is 1.55. The second-order valence-corrected chi connectivity index (χ2v) is 9.46. The molecule has 4 rings (SSSR count). The Hall–Kier alpha value is -1.42. The third-order valence-corrected chi connectivity index (χ3v) is 7.12. The van der Waals surface area contributed by atoms with Crippen LogP contribution in [0.25, 0.3) is 0 Å². The van der Waals surface area contributed by atoms with E-state index in [0.717, 1.165) is 49.2 Å². The average Bonchev–Trinajstić information content (AvgIpc) is 3.19. The van der Waals surface area contributed by atoms with Gasteiger partial charge in [-0.2, -0.15) is 0 Å². The van der Waals surface area contributed by atoms with E-state index in [9.17, 15) is 12.8 Å². The highest BCUT2D eigenvalue weighted by atomic mass is 35.5. The summed E-state index contributed by atoms with van der Waals surface area (Å²) in [5.74, 6) is -0.742. The molecular weight excluding hydrogens is 401 g/mol. The first-order chi connectivity index (χ1) is 12.4. The van der Waals surface area contributed by atoms with Gasteiger partial charge in [0, 0.05) is 29.7 Å². The van der Waals surface area contributed by atoms with Crippen molar-refractivity contribution in [2.24, 2.45) is 0 Å². The number of anilines is 1. The zero-order valence-corrected chi connectivity index (χ0v) is 16.0. The molecule has 3 atom stereocenters. The highest BCUT2D eigenvalue weighted by Gasteiger charge is 2.35. The van der Waals surface area contributed by atoms with E-state index >= 15 is 0 Å². The van der Waals surface area contributed by atoms with Crippen molar-refractivity contribution in [2.45, 2.75) is 48.8 Å². The fraction of sp³-hybridized carbons (Fsp3) is 0.438. The number of rotatable bonds is 5. The first-order valence-electron chi connectivity index (χ1n) is 8.25. The Bertz CT molecular complexity index is 896. The zero-order chi connectivity index (χ0) is 18.3. The number of aromatic nitrogens is 1. The number of benzene rings is 1. The van der Waals surface area contributed by atoms with Crippen LogP contribution in [0.2, 0.25) is 5.02 Å².